The molecule has 2 saturated carbocycles. The fourth-order valence-corrected chi connectivity index (χ4v) is 3.67. The van der Waals surface area contributed by atoms with Crippen molar-refractivity contribution in [2.45, 2.75) is 70.8 Å². The number of carbonyl (C=O) groups is 1. The molecular weight excluding hydrogens is 226 g/mol. The minimum atomic E-state index is -0.0759. The van der Waals surface area contributed by atoms with Crippen LogP contribution in [-0.4, -0.2) is 25.2 Å². The second kappa shape index (κ2) is 6.55. The zero-order valence-electron chi connectivity index (χ0n) is 11.7. The van der Waals surface area contributed by atoms with Gasteiger partial charge < -0.3 is 10.1 Å². The van der Waals surface area contributed by atoms with Crippen molar-refractivity contribution < 1.29 is 9.53 Å². The Kier molecular flexibility index (Phi) is 5.04. The molecule has 0 unspecified atom stereocenters. The molecule has 0 aromatic rings. The van der Waals surface area contributed by atoms with Crippen molar-refractivity contribution in [3.05, 3.63) is 0 Å². The van der Waals surface area contributed by atoms with E-state index in [1.54, 1.807) is 0 Å². The van der Waals surface area contributed by atoms with Crippen molar-refractivity contribution in [1.82, 2.24) is 5.32 Å². The van der Waals surface area contributed by atoms with E-state index >= 15 is 0 Å². The number of esters is 1. The van der Waals surface area contributed by atoms with Gasteiger partial charge in [-0.3, -0.25) is 4.79 Å². The first-order valence-electron chi connectivity index (χ1n) is 7.63. The zero-order chi connectivity index (χ0) is 12.8. The molecule has 0 radical (unpaired) electrons. The molecule has 0 heterocycles. The molecule has 2 fully saturated rings. The van der Waals surface area contributed by atoms with Gasteiger partial charge in [-0.15, -0.1) is 0 Å². The minimum Gasteiger partial charge on any atom is -0.466 e. The van der Waals surface area contributed by atoms with E-state index in [2.05, 4.69) is 5.32 Å². The van der Waals surface area contributed by atoms with Crippen LogP contribution >= 0.6 is 0 Å². The van der Waals surface area contributed by atoms with Crippen LogP contribution in [0, 0.1) is 5.41 Å². The Labute approximate surface area is 111 Å². The van der Waals surface area contributed by atoms with Gasteiger partial charge >= 0.3 is 5.97 Å². The molecule has 18 heavy (non-hydrogen) atoms. The summed E-state index contributed by atoms with van der Waals surface area (Å²) in [5.41, 5.74) is 0.708. The van der Waals surface area contributed by atoms with Gasteiger partial charge in [0, 0.05) is 12.6 Å². The van der Waals surface area contributed by atoms with E-state index in [-0.39, 0.29) is 5.97 Å². The maximum absolute atomic E-state index is 11.2. The summed E-state index contributed by atoms with van der Waals surface area (Å²) >= 11 is 0. The molecule has 0 aromatic carbocycles. The van der Waals surface area contributed by atoms with Gasteiger partial charge in [-0.25, -0.2) is 0 Å². The Balaban J connectivity index is 1.60. The van der Waals surface area contributed by atoms with Gasteiger partial charge in [0.25, 0.3) is 0 Å². The van der Waals surface area contributed by atoms with Gasteiger partial charge in [0.05, 0.1) is 13.0 Å². The van der Waals surface area contributed by atoms with Crippen LogP contribution in [0.5, 0.6) is 0 Å². The van der Waals surface area contributed by atoms with Gasteiger partial charge in [-0.05, 0) is 50.9 Å². The van der Waals surface area contributed by atoms with E-state index < -0.39 is 0 Å². The molecule has 2 rings (SSSR count). The number of carbonyl (C=O) groups excluding carboxylic acids is 1. The van der Waals surface area contributed by atoms with E-state index in [0.717, 1.165) is 6.54 Å². The lowest BCUT2D eigenvalue weighted by molar-refractivity contribution is -0.143. The lowest BCUT2D eigenvalue weighted by atomic mass is 9.71. The first kappa shape index (κ1) is 13.9. The molecule has 0 atom stereocenters. The predicted octanol–water partition coefficient (Wildman–Crippen LogP) is 3.03. The van der Waals surface area contributed by atoms with Crippen LogP contribution in [0.2, 0.25) is 0 Å². The number of hydrogen-bond acceptors (Lipinski definition) is 3. The highest BCUT2D eigenvalue weighted by molar-refractivity contribution is 5.69. The third-order valence-corrected chi connectivity index (χ3v) is 4.78. The smallest absolute Gasteiger partial charge is 0.307 e. The molecule has 1 spiro atoms. The molecule has 0 bridgehead atoms. The first-order valence-corrected chi connectivity index (χ1v) is 7.63. The molecule has 0 aromatic heterocycles. The molecular formula is C15H27NO2. The predicted molar refractivity (Wildman–Crippen MR) is 72.4 cm³/mol. The summed E-state index contributed by atoms with van der Waals surface area (Å²) in [5.74, 6) is -0.0759. The normalized spacial score (nSPS) is 23.4. The van der Waals surface area contributed by atoms with Crippen LogP contribution in [0.4, 0.5) is 0 Å². The Morgan fingerprint density at radius 3 is 2.50 bits per heavy atom. The highest BCUT2D eigenvalue weighted by Gasteiger charge is 2.37. The first-order chi connectivity index (χ1) is 8.74. The van der Waals surface area contributed by atoms with E-state index in [0.29, 0.717) is 24.5 Å². The molecule has 104 valence electrons. The van der Waals surface area contributed by atoms with Crippen LogP contribution in [0.25, 0.3) is 0 Å². The van der Waals surface area contributed by atoms with Crippen molar-refractivity contribution in [3.63, 3.8) is 0 Å². The summed E-state index contributed by atoms with van der Waals surface area (Å²) in [6, 6.07) is 0.630. The fourth-order valence-electron chi connectivity index (χ4n) is 3.67. The van der Waals surface area contributed by atoms with Crippen LogP contribution in [0.3, 0.4) is 0 Å². The number of rotatable bonds is 5. The van der Waals surface area contributed by atoms with Gasteiger partial charge in [0.15, 0.2) is 0 Å². The highest BCUT2D eigenvalue weighted by Crippen LogP contribution is 2.48. The average molecular weight is 253 g/mol. The minimum absolute atomic E-state index is 0.0759. The Bertz CT molecular complexity index is 262. The molecule has 0 aliphatic heterocycles. The van der Waals surface area contributed by atoms with E-state index in [4.69, 9.17) is 4.74 Å². The third-order valence-electron chi connectivity index (χ3n) is 4.78. The number of nitrogens with one attached hydrogen (secondary N) is 1. The summed E-state index contributed by atoms with van der Waals surface area (Å²) in [6.45, 7) is 3.12. The lowest BCUT2D eigenvalue weighted by Gasteiger charge is -2.37. The summed E-state index contributed by atoms with van der Waals surface area (Å²) in [5, 5.41) is 3.52. The van der Waals surface area contributed by atoms with Gasteiger partial charge in [-0.2, -0.15) is 0 Å². The lowest BCUT2D eigenvalue weighted by Crippen LogP contribution is -2.37. The summed E-state index contributed by atoms with van der Waals surface area (Å²) in [7, 11) is 0. The van der Waals surface area contributed by atoms with Crippen molar-refractivity contribution >= 4 is 5.97 Å². The fraction of sp³-hybridized carbons (Fsp3) is 0.933. The number of ether oxygens (including phenoxy) is 1. The Hall–Kier alpha value is -0.570. The van der Waals surface area contributed by atoms with Crippen LogP contribution in [-0.2, 0) is 9.53 Å². The second-order valence-electron chi connectivity index (χ2n) is 5.99. The van der Waals surface area contributed by atoms with E-state index in [9.17, 15) is 4.79 Å². The quantitative estimate of drug-likeness (QED) is 0.765. The molecule has 2 aliphatic carbocycles. The van der Waals surface area contributed by atoms with Crippen LogP contribution in [0.15, 0.2) is 0 Å². The van der Waals surface area contributed by atoms with Crippen LogP contribution < -0.4 is 5.32 Å². The topological polar surface area (TPSA) is 38.3 Å². The van der Waals surface area contributed by atoms with Crippen molar-refractivity contribution in [2.24, 2.45) is 5.41 Å². The summed E-state index contributed by atoms with van der Waals surface area (Å²) < 4.78 is 4.93. The second-order valence-corrected chi connectivity index (χ2v) is 5.99. The largest absolute Gasteiger partial charge is 0.466 e. The molecule has 1 N–H and O–H groups in total. The third kappa shape index (κ3) is 3.71. The Morgan fingerprint density at radius 1 is 1.22 bits per heavy atom. The molecule has 3 nitrogen and oxygen atoms in total. The van der Waals surface area contributed by atoms with Gasteiger partial charge in [0.1, 0.15) is 0 Å². The van der Waals surface area contributed by atoms with Gasteiger partial charge in [-0.1, -0.05) is 12.8 Å². The zero-order valence-corrected chi connectivity index (χ0v) is 11.7. The van der Waals surface area contributed by atoms with E-state index in [1.165, 1.54) is 51.4 Å². The summed E-state index contributed by atoms with van der Waals surface area (Å²) in [6.07, 6.45) is 11.7. The standard InChI is InChI=1S/C15H27NO2/c1-2-18-14(17)7-12-16-13-5-10-15(11-6-13)8-3-4-9-15/h13,16H,2-12H2,1H3. The summed E-state index contributed by atoms with van der Waals surface area (Å²) in [4.78, 5) is 11.2. The molecule has 0 saturated heterocycles. The van der Waals surface area contributed by atoms with E-state index in [1.807, 2.05) is 6.92 Å². The molecule has 2 aliphatic rings. The highest BCUT2D eigenvalue weighted by atomic mass is 16.5. The SMILES string of the molecule is CCOC(=O)CCNC1CCC2(CCCC2)CC1. The van der Waals surface area contributed by atoms with Crippen molar-refractivity contribution in [2.75, 3.05) is 13.2 Å². The monoisotopic (exact) mass is 253 g/mol. The number of hydrogen-bond donors (Lipinski definition) is 1. The van der Waals surface area contributed by atoms with Crippen molar-refractivity contribution in [3.8, 4) is 0 Å². The maximum atomic E-state index is 11.2. The van der Waals surface area contributed by atoms with Gasteiger partial charge in [0.2, 0.25) is 0 Å². The molecule has 0 amide bonds. The van der Waals surface area contributed by atoms with Crippen molar-refractivity contribution in [1.29, 1.82) is 0 Å². The average Bonchev–Trinajstić information content (AvgIpc) is 2.81. The van der Waals surface area contributed by atoms with Crippen LogP contribution in [0.1, 0.15) is 64.7 Å². The maximum Gasteiger partial charge on any atom is 0.307 e. The molecule has 3 heteroatoms. The Morgan fingerprint density at radius 2 is 1.89 bits per heavy atom.